The van der Waals surface area contributed by atoms with Crippen LogP contribution in [0.4, 0.5) is 0 Å². The summed E-state index contributed by atoms with van der Waals surface area (Å²) in [6, 6.07) is 1.57. The lowest BCUT2D eigenvalue weighted by Crippen LogP contribution is -2.60. The van der Waals surface area contributed by atoms with Crippen LogP contribution in [0.25, 0.3) is 0 Å². The molecule has 3 aliphatic heterocycles. The predicted octanol–water partition coefficient (Wildman–Crippen LogP) is 1.36. The number of rotatable bonds is 5. The van der Waals surface area contributed by atoms with E-state index >= 15 is 0 Å². The van der Waals surface area contributed by atoms with E-state index in [1.54, 1.807) is 0 Å². The first-order valence-electron chi connectivity index (χ1n) is 9.15. The Balaban J connectivity index is 1.66. The van der Waals surface area contributed by atoms with E-state index < -0.39 is 0 Å². The van der Waals surface area contributed by atoms with Crippen LogP contribution < -0.4 is 5.73 Å². The summed E-state index contributed by atoms with van der Waals surface area (Å²) in [4.78, 5) is 8.12. The second kappa shape index (κ2) is 6.53. The van der Waals surface area contributed by atoms with Crippen LogP contribution in [0.5, 0.6) is 0 Å². The van der Waals surface area contributed by atoms with Gasteiger partial charge in [0.05, 0.1) is 0 Å². The first-order valence-corrected chi connectivity index (χ1v) is 9.15. The van der Waals surface area contributed by atoms with Crippen LogP contribution in [0.2, 0.25) is 0 Å². The fourth-order valence-electron chi connectivity index (χ4n) is 5.13. The summed E-state index contributed by atoms with van der Waals surface area (Å²) in [5.74, 6) is 0. The Morgan fingerprint density at radius 2 is 1.95 bits per heavy atom. The Morgan fingerprint density at radius 3 is 2.67 bits per heavy atom. The summed E-state index contributed by atoms with van der Waals surface area (Å²) in [5.41, 5.74) is 6.61. The maximum Gasteiger partial charge on any atom is 0.0359 e. The third kappa shape index (κ3) is 2.88. The molecule has 3 aliphatic rings. The fourth-order valence-corrected chi connectivity index (χ4v) is 5.13. The highest BCUT2D eigenvalue weighted by Gasteiger charge is 2.46. The molecule has 3 unspecified atom stereocenters. The van der Waals surface area contributed by atoms with E-state index in [-0.39, 0.29) is 0 Å². The molecule has 0 aliphatic carbocycles. The van der Waals surface area contributed by atoms with Crippen LogP contribution in [-0.2, 0) is 0 Å². The molecule has 0 aromatic heterocycles. The molecule has 0 aromatic carbocycles. The SMILES string of the molecule is CCN(CC)C1CCN(C2(CN)CCN3CCCC3C2)C1. The molecule has 122 valence electrons. The maximum absolute atomic E-state index is 6.31. The number of nitrogens with two attached hydrogens (primary N) is 1. The lowest BCUT2D eigenvalue weighted by Gasteiger charge is -2.49. The summed E-state index contributed by atoms with van der Waals surface area (Å²) in [5, 5.41) is 0. The van der Waals surface area contributed by atoms with Crippen LogP contribution in [0.15, 0.2) is 0 Å². The van der Waals surface area contributed by atoms with Gasteiger partial charge in [-0.3, -0.25) is 9.80 Å². The molecule has 0 aromatic rings. The second-order valence-corrected chi connectivity index (χ2v) is 7.32. The van der Waals surface area contributed by atoms with Crippen molar-refractivity contribution < 1.29 is 0 Å². The summed E-state index contributed by atoms with van der Waals surface area (Å²) in [7, 11) is 0. The minimum Gasteiger partial charge on any atom is -0.329 e. The Labute approximate surface area is 130 Å². The predicted molar refractivity (Wildman–Crippen MR) is 88.5 cm³/mol. The number of fused-ring (bicyclic) bond motifs is 1. The lowest BCUT2D eigenvalue weighted by atomic mass is 9.82. The highest BCUT2D eigenvalue weighted by Crippen LogP contribution is 2.38. The van der Waals surface area contributed by atoms with Gasteiger partial charge in [0.2, 0.25) is 0 Å². The van der Waals surface area contributed by atoms with E-state index in [1.807, 2.05) is 0 Å². The van der Waals surface area contributed by atoms with E-state index in [9.17, 15) is 0 Å². The summed E-state index contributed by atoms with van der Waals surface area (Å²) in [6.45, 7) is 12.9. The average Bonchev–Trinajstić information content (AvgIpc) is 3.17. The van der Waals surface area contributed by atoms with E-state index in [0.29, 0.717) is 5.54 Å². The van der Waals surface area contributed by atoms with Gasteiger partial charge in [0, 0.05) is 43.8 Å². The standard InChI is InChI=1S/C17H34N4/c1-3-19(4-2)16-7-10-21(13-16)17(14-18)8-11-20-9-5-6-15(20)12-17/h15-16H,3-14,18H2,1-2H3. The molecule has 0 radical (unpaired) electrons. The molecular weight excluding hydrogens is 260 g/mol. The summed E-state index contributed by atoms with van der Waals surface area (Å²) >= 11 is 0. The molecule has 3 fully saturated rings. The van der Waals surface area contributed by atoms with Crippen molar-refractivity contribution in [2.45, 2.75) is 63.6 Å². The Kier molecular flexibility index (Phi) is 4.89. The van der Waals surface area contributed by atoms with Gasteiger partial charge in [0.1, 0.15) is 0 Å². The molecule has 4 nitrogen and oxygen atoms in total. The van der Waals surface area contributed by atoms with Gasteiger partial charge in [-0.25, -0.2) is 0 Å². The van der Waals surface area contributed by atoms with Crippen LogP contribution in [-0.4, -0.2) is 78.1 Å². The van der Waals surface area contributed by atoms with Gasteiger partial charge in [-0.05, 0) is 51.7 Å². The second-order valence-electron chi connectivity index (χ2n) is 7.32. The number of nitrogens with zero attached hydrogens (tertiary/aromatic N) is 3. The van der Waals surface area contributed by atoms with Crippen LogP contribution in [0, 0.1) is 0 Å². The molecule has 2 N–H and O–H groups in total. The lowest BCUT2D eigenvalue weighted by molar-refractivity contribution is 0.0206. The zero-order valence-electron chi connectivity index (χ0n) is 14.1. The molecule has 3 heterocycles. The summed E-state index contributed by atoms with van der Waals surface area (Å²) < 4.78 is 0. The minimum atomic E-state index is 0.299. The fraction of sp³-hybridized carbons (Fsp3) is 1.00. The zero-order chi connectivity index (χ0) is 14.9. The topological polar surface area (TPSA) is 35.7 Å². The van der Waals surface area contributed by atoms with E-state index in [0.717, 1.165) is 18.6 Å². The number of likely N-dealkylation sites (tertiary alicyclic amines) is 1. The molecule has 0 spiro atoms. The van der Waals surface area contributed by atoms with Crippen LogP contribution >= 0.6 is 0 Å². The van der Waals surface area contributed by atoms with Crippen molar-refractivity contribution in [3.63, 3.8) is 0 Å². The zero-order valence-corrected chi connectivity index (χ0v) is 14.1. The van der Waals surface area contributed by atoms with Crippen molar-refractivity contribution in [3.8, 4) is 0 Å². The molecule has 3 saturated heterocycles. The third-order valence-corrected chi connectivity index (χ3v) is 6.52. The number of likely N-dealkylation sites (N-methyl/N-ethyl adjacent to an activating group) is 1. The van der Waals surface area contributed by atoms with Gasteiger partial charge in [-0.15, -0.1) is 0 Å². The summed E-state index contributed by atoms with van der Waals surface area (Å²) in [6.07, 6.45) is 6.72. The van der Waals surface area contributed by atoms with Crippen molar-refractivity contribution in [1.29, 1.82) is 0 Å². The van der Waals surface area contributed by atoms with E-state index in [1.165, 1.54) is 71.4 Å². The molecule has 0 saturated carbocycles. The smallest absolute Gasteiger partial charge is 0.0359 e. The van der Waals surface area contributed by atoms with Gasteiger partial charge < -0.3 is 10.6 Å². The normalized spacial score (nSPS) is 38.3. The Hall–Kier alpha value is -0.160. The molecule has 3 atom stereocenters. The largest absolute Gasteiger partial charge is 0.329 e. The van der Waals surface area contributed by atoms with E-state index in [4.69, 9.17) is 5.73 Å². The highest BCUT2D eigenvalue weighted by molar-refractivity contribution is 5.04. The molecule has 0 bridgehead atoms. The molecule has 0 amide bonds. The molecule has 4 heteroatoms. The number of hydrogen-bond donors (Lipinski definition) is 1. The van der Waals surface area contributed by atoms with Crippen LogP contribution in [0.3, 0.4) is 0 Å². The van der Waals surface area contributed by atoms with Crippen molar-refractivity contribution in [3.05, 3.63) is 0 Å². The maximum atomic E-state index is 6.31. The van der Waals surface area contributed by atoms with Gasteiger partial charge in [-0.1, -0.05) is 13.8 Å². The third-order valence-electron chi connectivity index (χ3n) is 6.52. The average molecular weight is 294 g/mol. The first-order chi connectivity index (χ1) is 10.2. The number of piperidine rings is 1. The van der Waals surface area contributed by atoms with Gasteiger partial charge in [0.25, 0.3) is 0 Å². The molecule has 3 rings (SSSR count). The van der Waals surface area contributed by atoms with Gasteiger partial charge in [-0.2, -0.15) is 0 Å². The van der Waals surface area contributed by atoms with Crippen LogP contribution in [0.1, 0.15) is 46.0 Å². The van der Waals surface area contributed by atoms with Crippen molar-refractivity contribution in [1.82, 2.24) is 14.7 Å². The van der Waals surface area contributed by atoms with Gasteiger partial charge in [0.15, 0.2) is 0 Å². The van der Waals surface area contributed by atoms with Crippen molar-refractivity contribution >= 4 is 0 Å². The Bertz CT molecular complexity index is 344. The molecular formula is C17H34N4. The number of hydrogen-bond acceptors (Lipinski definition) is 4. The Morgan fingerprint density at radius 1 is 1.14 bits per heavy atom. The van der Waals surface area contributed by atoms with Crippen molar-refractivity contribution in [2.24, 2.45) is 5.73 Å². The van der Waals surface area contributed by atoms with Gasteiger partial charge >= 0.3 is 0 Å². The molecule has 21 heavy (non-hydrogen) atoms. The quantitative estimate of drug-likeness (QED) is 0.830. The minimum absolute atomic E-state index is 0.299. The first kappa shape index (κ1) is 15.7. The monoisotopic (exact) mass is 294 g/mol. The highest BCUT2D eigenvalue weighted by atomic mass is 15.3. The van der Waals surface area contributed by atoms with Crippen molar-refractivity contribution in [2.75, 3.05) is 45.8 Å². The van der Waals surface area contributed by atoms with E-state index in [2.05, 4.69) is 28.5 Å².